The Hall–Kier alpha value is -2.42. The average Bonchev–Trinajstić information content (AvgIpc) is 3.07. The number of rotatable bonds is 7. The molecule has 6 atom stereocenters. The van der Waals surface area contributed by atoms with Crippen LogP contribution >= 0.6 is 33.2 Å². The normalized spacial score (nSPS) is 35.1. The van der Waals surface area contributed by atoms with Crippen LogP contribution in [0.25, 0.3) is 0 Å². The summed E-state index contributed by atoms with van der Waals surface area (Å²) in [5.74, 6) is 1.12. The van der Waals surface area contributed by atoms with E-state index in [4.69, 9.17) is 35.3 Å². The Morgan fingerprint density at radius 3 is 2.54 bits per heavy atom. The number of halogens is 1. The van der Waals surface area contributed by atoms with Crippen LogP contribution in [0.2, 0.25) is 5.02 Å². The van der Waals surface area contributed by atoms with E-state index in [9.17, 15) is 19.5 Å². The van der Waals surface area contributed by atoms with Crippen molar-refractivity contribution in [2.24, 2.45) is 11.8 Å². The summed E-state index contributed by atoms with van der Waals surface area (Å²) in [5.41, 5.74) is -0.558. The van der Waals surface area contributed by atoms with Crippen molar-refractivity contribution in [3.05, 3.63) is 46.5 Å². The number of amides is 2. The molecule has 6 rings (SSSR count). The number of nitrogens with zero attached hydrogens (tertiary/aromatic N) is 1. The lowest BCUT2D eigenvalue weighted by molar-refractivity contribution is -0.280. The van der Waals surface area contributed by atoms with E-state index in [0.29, 0.717) is 30.2 Å². The standard InChI is InChI=1S/C36H49ClN2O9S2/c1-21-8-7-9-29(45-5)36(43)19-27(46-34(42)38-36)28-18-35(2,48-28)30(47-33(41)24-12-10-22(11-13-24)20-50-49-6)17-31(40)39(3)25-15-23(14-21)16-26(44-4)32(25)37/h7-9,15-16,22,24,27-30,43H,10-14,17-20H2,1-6H3,(H,38,42)/b9-7+,21-8+/t22?,24?,27-,28+,29+,30-,35+,36-/m0/s1. The van der Waals surface area contributed by atoms with E-state index >= 15 is 0 Å². The van der Waals surface area contributed by atoms with Gasteiger partial charge in [0.05, 0.1) is 31.2 Å². The lowest BCUT2D eigenvalue weighted by Gasteiger charge is -2.53. The summed E-state index contributed by atoms with van der Waals surface area (Å²) >= 11 is 6.76. The number of allylic oxidation sites excluding steroid dienone is 3. The fraction of sp³-hybridized carbons (Fsp3) is 0.639. The van der Waals surface area contributed by atoms with Crippen LogP contribution in [0.4, 0.5) is 10.5 Å². The maximum Gasteiger partial charge on any atom is 0.409 e. The molecule has 4 aliphatic heterocycles. The minimum Gasteiger partial charge on any atom is -0.495 e. The lowest BCUT2D eigenvalue weighted by atomic mass is 9.79. The lowest BCUT2D eigenvalue weighted by Crippen LogP contribution is -2.68. The van der Waals surface area contributed by atoms with Crippen LogP contribution in [0.1, 0.15) is 64.4 Å². The molecular formula is C36H49ClN2O9S2. The van der Waals surface area contributed by atoms with Crippen molar-refractivity contribution < 1.29 is 43.2 Å². The van der Waals surface area contributed by atoms with Crippen LogP contribution < -0.4 is 15.0 Å². The smallest absolute Gasteiger partial charge is 0.409 e. The van der Waals surface area contributed by atoms with Gasteiger partial charge in [-0.1, -0.05) is 57.0 Å². The van der Waals surface area contributed by atoms with Gasteiger partial charge in [0.1, 0.15) is 34.7 Å². The topological polar surface area (TPSA) is 133 Å². The van der Waals surface area contributed by atoms with E-state index in [1.807, 2.05) is 35.9 Å². The first kappa shape index (κ1) is 38.8. The minimum atomic E-state index is -1.78. The number of hydrogen-bond acceptors (Lipinski definition) is 11. The number of alkyl carbamates (subject to hydrolysis) is 1. The monoisotopic (exact) mass is 752 g/mol. The molecule has 1 aromatic rings. The fourth-order valence-corrected chi connectivity index (χ4v) is 9.29. The first-order valence-electron chi connectivity index (χ1n) is 17.0. The third-order valence-corrected chi connectivity index (χ3v) is 12.7. The Balaban J connectivity index is 1.47. The highest BCUT2D eigenvalue weighted by Crippen LogP contribution is 2.45. The number of esters is 1. The molecule has 2 N–H and O–H groups in total. The Morgan fingerprint density at radius 2 is 1.88 bits per heavy atom. The highest BCUT2D eigenvalue weighted by Gasteiger charge is 2.57. The van der Waals surface area contributed by atoms with Gasteiger partial charge in [0.2, 0.25) is 5.91 Å². The van der Waals surface area contributed by atoms with Crippen molar-refractivity contribution in [2.75, 3.05) is 38.2 Å². The summed E-state index contributed by atoms with van der Waals surface area (Å²) in [6.45, 7) is 3.75. The molecular weight excluding hydrogens is 704 g/mol. The molecule has 276 valence electrons. The van der Waals surface area contributed by atoms with Gasteiger partial charge in [-0.05, 0) is 75.8 Å². The number of aliphatic hydroxyl groups is 1. The summed E-state index contributed by atoms with van der Waals surface area (Å²) in [6.07, 6.45) is 7.33. The molecule has 0 spiro atoms. The van der Waals surface area contributed by atoms with Gasteiger partial charge < -0.3 is 33.7 Å². The maximum absolute atomic E-state index is 14.0. The second kappa shape index (κ2) is 16.5. The molecule has 1 aromatic carbocycles. The summed E-state index contributed by atoms with van der Waals surface area (Å²) in [4.78, 5) is 41.9. The molecule has 1 saturated carbocycles. The van der Waals surface area contributed by atoms with Crippen molar-refractivity contribution in [3.8, 4) is 5.75 Å². The van der Waals surface area contributed by atoms with Crippen molar-refractivity contribution in [1.29, 1.82) is 0 Å². The highest BCUT2D eigenvalue weighted by molar-refractivity contribution is 8.76. The van der Waals surface area contributed by atoms with Crippen LogP contribution in [0.5, 0.6) is 5.75 Å². The quantitative estimate of drug-likeness (QED) is 0.242. The van der Waals surface area contributed by atoms with Crippen LogP contribution in [-0.2, 0) is 35.0 Å². The highest BCUT2D eigenvalue weighted by atomic mass is 35.5. The summed E-state index contributed by atoms with van der Waals surface area (Å²) < 4.78 is 29.4. The number of anilines is 1. The first-order valence-corrected chi connectivity index (χ1v) is 20.1. The van der Waals surface area contributed by atoms with Gasteiger partial charge in [0.15, 0.2) is 5.72 Å². The predicted molar refractivity (Wildman–Crippen MR) is 196 cm³/mol. The Bertz CT molecular complexity index is 1480. The Morgan fingerprint density at radius 1 is 1.16 bits per heavy atom. The second-order valence-corrected chi connectivity index (χ2v) is 17.0. The third kappa shape index (κ3) is 8.78. The maximum atomic E-state index is 14.0. The summed E-state index contributed by atoms with van der Waals surface area (Å²) in [6, 6.07) is 3.68. The van der Waals surface area contributed by atoms with Crippen LogP contribution in [0, 0.1) is 11.8 Å². The predicted octanol–water partition coefficient (Wildman–Crippen LogP) is 6.24. The van der Waals surface area contributed by atoms with Crippen LogP contribution in [0.3, 0.4) is 0 Å². The number of carbonyl (C=O) groups excluding carboxylic acids is 3. The van der Waals surface area contributed by atoms with Gasteiger partial charge in [-0.2, -0.15) is 0 Å². The summed E-state index contributed by atoms with van der Waals surface area (Å²) in [5, 5.41) is 14.4. The first-order chi connectivity index (χ1) is 23.8. The average molecular weight is 753 g/mol. The molecule has 2 saturated heterocycles. The van der Waals surface area contributed by atoms with E-state index in [-0.39, 0.29) is 35.7 Å². The molecule has 11 nitrogen and oxygen atoms in total. The van der Waals surface area contributed by atoms with E-state index in [0.717, 1.165) is 42.6 Å². The van der Waals surface area contributed by atoms with Gasteiger partial charge in [-0.25, -0.2) is 4.79 Å². The van der Waals surface area contributed by atoms with Crippen molar-refractivity contribution in [1.82, 2.24) is 5.32 Å². The van der Waals surface area contributed by atoms with E-state index in [2.05, 4.69) is 11.6 Å². The minimum absolute atomic E-state index is 0.0145. The molecule has 50 heavy (non-hydrogen) atoms. The second-order valence-electron chi connectivity index (χ2n) is 14.0. The Labute approximate surface area is 307 Å². The molecule has 5 aliphatic rings. The summed E-state index contributed by atoms with van der Waals surface area (Å²) in [7, 11) is 8.21. The molecule has 4 heterocycles. The molecule has 0 radical (unpaired) electrons. The zero-order valence-corrected chi connectivity index (χ0v) is 32.0. The van der Waals surface area contributed by atoms with Gasteiger partial charge >= 0.3 is 12.1 Å². The van der Waals surface area contributed by atoms with Crippen LogP contribution in [-0.4, -0.2) is 92.1 Å². The molecule has 0 unspecified atom stereocenters. The molecule has 2 amide bonds. The largest absolute Gasteiger partial charge is 0.495 e. The van der Waals surface area contributed by atoms with Crippen molar-refractivity contribution >= 4 is 56.8 Å². The molecule has 1 aliphatic carbocycles. The molecule has 6 bridgehead atoms. The zero-order valence-electron chi connectivity index (χ0n) is 29.6. The number of fused-ring (bicyclic) bond motifs is 6. The molecule has 14 heteroatoms. The fourth-order valence-electron chi connectivity index (χ4n) is 7.33. The molecule has 0 aromatic heterocycles. The van der Waals surface area contributed by atoms with E-state index in [1.165, 1.54) is 19.1 Å². The number of carbonyl (C=O) groups is 3. The number of hydrogen-bond donors (Lipinski definition) is 2. The van der Waals surface area contributed by atoms with Gasteiger partial charge in [-0.15, -0.1) is 0 Å². The third-order valence-electron chi connectivity index (χ3n) is 10.3. The van der Waals surface area contributed by atoms with E-state index < -0.39 is 41.8 Å². The van der Waals surface area contributed by atoms with Crippen LogP contribution in [0.15, 0.2) is 35.9 Å². The zero-order chi connectivity index (χ0) is 36.2. The van der Waals surface area contributed by atoms with E-state index in [1.54, 1.807) is 36.9 Å². The van der Waals surface area contributed by atoms with Crippen molar-refractivity contribution in [2.45, 2.75) is 101 Å². The number of nitrogens with one attached hydrogen (secondary N) is 1. The SMILES string of the molecule is COc1cc2cc(c1Cl)N(C)C(=O)C[C@H](OC(=O)C1CCC(CSSC)CC1)[C@@]1(C)C[C@@H](O1)[C@@H]1C[C@@](O)(NC(=O)O1)[C@H](OC)/C=C/C=C(\C)C2. The van der Waals surface area contributed by atoms with Gasteiger partial charge in [0, 0.05) is 32.8 Å². The number of methoxy groups -OCH3 is 2. The van der Waals surface area contributed by atoms with Crippen molar-refractivity contribution in [3.63, 3.8) is 0 Å². The van der Waals surface area contributed by atoms with Gasteiger partial charge in [0.25, 0.3) is 0 Å². The number of benzene rings is 1. The Kier molecular flexibility index (Phi) is 12.8. The van der Waals surface area contributed by atoms with Gasteiger partial charge in [-0.3, -0.25) is 14.9 Å². The molecule has 3 fully saturated rings. The number of ether oxygens (including phenoxy) is 5.